The highest BCUT2D eigenvalue weighted by Crippen LogP contribution is 2.48. The number of hydrogen-bond donors (Lipinski definition) is 1. The minimum Gasteiger partial charge on any atom is -0.465 e. The second kappa shape index (κ2) is 10.4. The first-order valence-corrected chi connectivity index (χ1v) is 15.9. The minimum atomic E-state index is -0.822. The molecule has 2 aromatic heterocycles. The highest BCUT2D eigenvalue weighted by atomic mass is 32.1. The number of rotatable bonds is 5. The van der Waals surface area contributed by atoms with Crippen molar-refractivity contribution in [2.75, 3.05) is 49.6 Å². The van der Waals surface area contributed by atoms with E-state index in [0.717, 1.165) is 5.56 Å². The van der Waals surface area contributed by atoms with Crippen molar-refractivity contribution in [3.8, 4) is 17.3 Å². The molecule has 1 aliphatic carbocycles. The van der Waals surface area contributed by atoms with E-state index < -0.39 is 29.6 Å². The van der Waals surface area contributed by atoms with Crippen LogP contribution in [0.3, 0.4) is 0 Å². The van der Waals surface area contributed by atoms with Crippen molar-refractivity contribution in [3.63, 3.8) is 0 Å². The van der Waals surface area contributed by atoms with Crippen LogP contribution in [0.1, 0.15) is 35.1 Å². The summed E-state index contributed by atoms with van der Waals surface area (Å²) < 4.78 is 34.4. The number of anilines is 3. The maximum Gasteiger partial charge on any atom is 0.318 e. The third-order valence-electron chi connectivity index (χ3n) is 9.59. The highest BCUT2D eigenvalue weighted by molar-refractivity contribution is 7.16. The Morgan fingerprint density at radius 2 is 1.91 bits per heavy atom. The summed E-state index contributed by atoms with van der Waals surface area (Å²) in [5.41, 5.74) is 3.65. The summed E-state index contributed by atoms with van der Waals surface area (Å²) in [4.78, 5) is 40.0. The maximum absolute atomic E-state index is 15.9. The van der Waals surface area contributed by atoms with Crippen LogP contribution in [0.25, 0.3) is 22.2 Å². The lowest BCUT2D eigenvalue weighted by Gasteiger charge is -2.61. The number of pyridine rings is 1. The van der Waals surface area contributed by atoms with Crippen LogP contribution in [0.2, 0.25) is 0 Å². The molecule has 3 aliphatic heterocycles. The fraction of sp³-hybridized carbons (Fsp3) is 0.364. The largest absolute Gasteiger partial charge is 0.465 e. The number of esters is 1. The Kier molecular flexibility index (Phi) is 6.53. The molecule has 2 atom stereocenters. The van der Waals surface area contributed by atoms with Gasteiger partial charge in [0.2, 0.25) is 5.91 Å². The van der Waals surface area contributed by atoms with Crippen LogP contribution in [0.15, 0.2) is 36.4 Å². The molecule has 4 aliphatic rings. The van der Waals surface area contributed by atoms with Gasteiger partial charge in [0.1, 0.15) is 33.9 Å². The number of hydrogen-bond acceptors (Lipinski definition) is 10. The number of fused-ring (bicyclic) bond motifs is 2. The first-order chi connectivity index (χ1) is 22.1. The average molecular weight is 643 g/mol. The summed E-state index contributed by atoms with van der Waals surface area (Å²) in [6, 6.07) is 11.3. The Hall–Kier alpha value is -4.67. The molecule has 0 radical (unpaired) electrons. The van der Waals surface area contributed by atoms with Gasteiger partial charge in [0.15, 0.2) is 10.9 Å². The summed E-state index contributed by atoms with van der Waals surface area (Å²) in [5.74, 6) is -2.24. The number of ether oxygens (including phenoxy) is 1. The lowest BCUT2D eigenvalue weighted by atomic mass is 9.72. The van der Waals surface area contributed by atoms with E-state index in [-0.39, 0.29) is 23.4 Å². The normalized spacial score (nSPS) is 21.2. The van der Waals surface area contributed by atoms with E-state index in [1.54, 1.807) is 24.1 Å². The van der Waals surface area contributed by atoms with Crippen LogP contribution in [0.4, 0.5) is 25.3 Å². The molecule has 0 saturated carbocycles. The number of cyclic esters (lactones) is 1. The monoisotopic (exact) mass is 642 g/mol. The number of carbonyl (C=O) groups is 2. The Labute approximate surface area is 266 Å². The van der Waals surface area contributed by atoms with E-state index in [2.05, 4.69) is 16.0 Å². The molecular weight excluding hydrogens is 614 g/mol. The number of nitriles is 1. The Morgan fingerprint density at radius 1 is 1.15 bits per heavy atom. The van der Waals surface area contributed by atoms with Gasteiger partial charge in [0, 0.05) is 67.3 Å². The topological polar surface area (TPSA) is 123 Å². The smallest absolute Gasteiger partial charge is 0.318 e. The van der Waals surface area contributed by atoms with Gasteiger partial charge in [-0.25, -0.2) is 18.7 Å². The third-order valence-corrected chi connectivity index (χ3v) is 10.6. The maximum atomic E-state index is 15.9. The molecular formula is C33H28F2N6O4S. The van der Waals surface area contributed by atoms with E-state index in [1.807, 2.05) is 11.0 Å². The SMILES string of the molecule is CN(c1nc(-c2ccc(F)cc2)c(C#N)s1)c1c2c(nc3c(F)cc(N4CC5(CN(C(=O)C6CCOC6=O)C5)C4)cc13)C(O)CC2. The lowest BCUT2D eigenvalue weighted by molar-refractivity contribution is -0.156. The molecule has 4 aromatic rings. The zero-order chi connectivity index (χ0) is 31.9. The Morgan fingerprint density at radius 3 is 2.61 bits per heavy atom. The van der Waals surface area contributed by atoms with E-state index in [1.165, 1.54) is 29.5 Å². The van der Waals surface area contributed by atoms with Crippen molar-refractivity contribution in [3.05, 3.63) is 64.2 Å². The predicted molar refractivity (Wildman–Crippen MR) is 166 cm³/mol. The molecule has 1 spiro atoms. The van der Waals surface area contributed by atoms with Gasteiger partial charge in [-0.2, -0.15) is 5.26 Å². The lowest BCUT2D eigenvalue weighted by Crippen LogP contribution is -2.73. The number of amides is 1. The van der Waals surface area contributed by atoms with Crippen LogP contribution in [0.5, 0.6) is 0 Å². The standard InChI is InChI=1S/C33H28F2N6O4S/c1-39(32-38-26(25(12-36)46-32)17-2-4-18(34)5-3-17)29-20-6-7-24(42)28(20)37-27-22(29)10-19(11-23(27)35)40-13-33(14-40)15-41(16-33)30(43)21-8-9-45-31(21)44/h2-5,10-11,21,24,42H,6-9,13-16H2,1H3. The van der Waals surface area contributed by atoms with Crippen LogP contribution < -0.4 is 9.80 Å². The van der Waals surface area contributed by atoms with Crippen LogP contribution in [-0.4, -0.2) is 71.7 Å². The van der Waals surface area contributed by atoms with E-state index >= 15 is 4.39 Å². The summed E-state index contributed by atoms with van der Waals surface area (Å²) in [7, 11) is 1.80. The molecule has 234 valence electrons. The zero-order valence-electron chi connectivity index (χ0n) is 24.8. The second-order valence-electron chi connectivity index (χ2n) is 12.6. The summed E-state index contributed by atoms with van der Waals surface area (Å²) in [5, 5.41) is 21.7. The molecule has 3 fully saturated rings. The zero-order valence-corrected chi connectivity index (χ0v) is 25.6. The molecule has 1 N–H and O–H groups in total. The van der Waals surface area contributed by atoms with Crippen molar-refractivity contribution in [1.29, 1.82) is 5.26 Å². The van der Waals surface area contributed by atoms with E-state index in [9.17, 15) is 24.3 Å². The number of nitrogens with zero attached hydrogens (tertiary/aromatic N) is 6. The Balaban J connectivity index is 1.12. The average Bonchev–Trinajstić information content (AvgIpc) is 3.73. The number of halogens is 2. The molecule has 3 saturated heterocycles. The van der Waals surface area contributed by atoms with Gasteiger partial charge in [0.25, 0.3) is 0 Å². The van der Waals surface area contributed by atoms with Crippen LogP contribution >= 0.6 is 11.3 Å². The van der Waals surface area contributed by atoms with E-state index in [4.69, 9.17) is 9.72 Å². The molecule has 0 bridgehead atoms. The summed E-state index contributed by atoms with van der Waals surface area (Å²) in [6.45, 7) is 2.65. The molecule has 2 unspecified atom stereocenters. The second-order valence-corrected chi connectivity index (χ2v) is 13.6. The van der Waals surface area contributed by atoms with E-state index in [0.29, 0.717) is 89.2 Å². The number of thiazole rings is 1. The predicted octanol–water partition coefficient (Wildman–Crippen LogP) is 4.47. The molecule has 1 amide bonds. The quantitative estimate of drug-likeness (QED) is 0.248. The van der Waals surface area contributed by atoms with Crippen molar-refractivity contribution in [2.45, 2.75) is 25.4 Å². The fourth-order valence-electron chi connectivity index (χ4n) is 7.29. The molecule has 2 aromatic carbocycles. The van der Waals surface area contributed by atoms with Gasteiger partial charge >= 0.3 is 5.97 Å². The molecule has 13 heteroatoms. The van der Waals surface area contributed by atoms with Gasteiger partial charge in [-0.1, -0.05) is 11.3 Å². The van der Waals surface area contributed by atoms with Gasteiger partial charge in [-0.15, -0.1) is 0 Å². The Bertz CT molecular complexity index is 1980. The first-order valence-electron chi connectivity index (χ1n) is 15.1. The highest BCUT2D eigenvalue weighted by Gasteiger charge is 2.55. The fourth-order valence-corrected chi connectivity index (χ4v) is 8.14. The number of aromatic nitrogens is 2. The van der Waals surface area contributed by atoms with Crippen LogP contribution in [-0.2, 0) is 20.7 Å². The molecule has 8 rings (SSSR count). The summed E-state index contributed by atoms with van der Waals surface area (Å²) >= 11 is 1.18. The van der Waals surface area contributed by atoms with Crippen molar-refractivity contribution in [1.82, 2.24) is 14.9 Å². The number of carbonyl (C=O) groups excluding carboxylic acids is 2. The number of benzene rings is 2. The van der Waals surface area contributed by atoms with Gasteiger partial charge < -0.3 is 24.5 Å². The minimum absolute atomic E-state index is 0.102. The van der Waals surface area contributed by atoms with Gasteiger partial charge in [-0.3, -0.25) is 9.59 Å². The van der Waals surface area contributed by atoms with Crippen molar-refractivity contribution in [2.24, 2.45) is 11.3 Å². The molecule has 10 nitrogen and oxygen atoms in total. The van der Waals surface area contributed by atoms with Gasteiger partial charge in [0.05, 0.1) is 24.1 Å². The van der Waals surface area contributed by atoms with Gasteiger partial charge in [-0.05, 0) is 49.2 Å². The van der Waals surface area contributed by atoms with Crippen LogP contribution in [0, 0.1) is 34.3 Å². The van der Waals surface area contributed by atoms with Crippen molar-refractivity contribution >= 4 is 50.6 Å². The number of aliphatic hydroxyl groups is 1. The number of aliphatic hydroxyl groups excluding tert-OH is 1. The first kappa shape index (κ1) is 28.8. The van der Waals surface area contributed by atoms with Crippen molar-refractivity contribution < 1.29 is 28.2 Å². The molecule has 5 heterocycles. The third kappa shape index (κ3) is 4.42. The summed E-state index contributed by atoms with van der Waals surface area (Å²) in [6.07, 6.45) is 0.592. The number of likely N-dealkylation sites (tertiary alicyclic amines) is 1. The molecule has 46 heavy (non-hydrogen) atoms.